The van der Waals surface area contributed by atoms with Crippen LogP contribution in [0, 0.1) is 11.2 Å². The molecule has 0 aromatic heterocycles. The predicted octanol–water partition coefficient (Wildman–Crippen LogP) is 2.99. The minimum Gasteiger partial charge on any atom is -0.494 e. The summed E-state index contributed by atoms with van der Waals surface area (Å²) in [7, 11) is 3.18. The molecule has 4 heteroatoms. The average Bonchev–Trinajstić information content (AvgIpc) is 2.36. The van der Waals surface area contributed by atoms with Crippen LogP contribution in [0.5, 0.6) is 5.75 Å². The number of halogens is 1. The molecule has 0 atom stereocenters. The maximum Gasteiger partial charge on any atom is 0.165 e. The van der Waals surface area contributed by atoms with E-state index in [-0.39, 0.29) is 17.0 Å². The van der Waals surface area contributed by atoms with E-state index in [1.54, 1.807) is 13.2 Å². The van der Waals surface area contributed by atoms with Crippen LogP contribution in [0.2, 0.25) is 0 Å². The van der Waals surface area contributed by atoms with E-state index in [9.17, 15) is 4.39 Å². The smallest absolute Gasteiger partial charge is 0.165 e. The third-order valence-corrected chi connectivity index (χ3v) is 3.13. The molecule has 0 aliphatic carbocycles. The number of hydrogen-bond donors (Lipinski definition) is 1. The van der Waals surface area contributed by atoms with Gasteiger partial charge in [0.15, 0.2) is 11.6 Å². The second-order valence-electron chi connectivity index (χ2n) is 5.48. The van der Waals surface area contributed by atoms with E-state index in [1.807, 2.05) is 6.07 Å². The Bertz CT molecular complexity index is 394. The van der Waals surface area contributed by atoms with Crippen LogP contribution in [0.1, 0.15) is 25.8 Å². The first-order valence-electron chi connectivity index (χ1n) is 6.50. The predicted molar refractivity (Wildman–Crippen MR) is 74.9 cm³/mol. The van der Waals surface area contributed by atoms with Crippen LogP contribution in [0.4, 0.5) is 4.39 Å². The molecule has 0 fully saturated rings. The van der Waals surface area contributed by atoms with Crippen molar-refractivity contribution in [2.45, 2.75) is 26.8 Å². The third kappa shape index (κ3) is 5.57. The summed E-state index contributed by atoms with van der Waals surface area (Å²) in [5.41, 5.74) is 1.09. The lowest BCUT2D eigenvalue weighted by Gasteiger charge is -2.24. The Morgan fingerprint density at radius 1 is 1.26 bits per heavy atom. The maximum atomic E-state index is 13.5. The van der Waals surface area contributed by atoms with Crippen LogP contribution in [0.15, 0.2) is 18.2 Å². The van der Waals surface area contributed by atoms with Gasteiger partial charge in [-0.3, -0.25) is 0 Å². The lowest BCUT2D eigenvalue weighted by molar-refractivity contribution is 0.150. The quantitative estimate of drug-likeness (QED) is 0.787. The zero-order valence-electron chi connectivity index (χ0n) is 12.3. The van der Waals surface area contributed by atoms with Crippen molar-refractivity contribution >= 4 is 0 Å². The number of nitrogens with one attached hydrogen (secondary N) is 1. The summed E-state index contributed by atoms with van der Waals surface area (Å²) in [6, 6.07) is 5.04. The van der Waals surface area contributed by atoms with Gasteiger partial charge in [0.2, 0.25) is 0 Å². The maximum absolute atomic E-state index is 13.5. The Kier molecular flexibility index (Phi) is 6.25. The van der Waals surface area contributed by atoms with Crippen LogP contribution in [-0.4, -0.2) is 27.4 Å². The molecule has 0 saturated carbocycles. The molecule has 0 bridgehead atoms. The first-order valence-corrected chi connectivity index (χ1v) is 6.50. The fraction of sp³-hybridized carbons (Fsp3) is 0.600. The number of hydrogen-bond acceptors (Lipinski definition) is 3. The summed E-state index contributed by atoms with van der Waals surface area (Å²) in [6.07, 6.45) is 0.994. The molecule has 1 aromatic carbocycles. The van der Waals surface area contributed by atoms with Crippen molar-refractivity contribution < 1.29 is 13.9 Å². The summed E-state index contributed by atoms with van der Waals surface area (Å²) < 4.78 is 23.5. The summed E-state index contributed by atoms with van der Waals surface area (Å²) in [6.45, 7) is 6.65. The molecule has 1 aromatic rings. The molecule has 1 rings (SSSR count). The highest BCUT2D eigenvalue weighted by Crippen LogP contribution is 2.20. The van der Waals surface area contributed by atoms with E-state index in [2.05, 4.69) is 19.2 Å². The average molecular weight is 269 g/mol. The van der Waals surface area contributed by atoms with Gasteiger partial charge < -0.3 is 14.8 Å². The van der Waals surface area contributed by atoms with Gasteiger partial charge in [0.05, 0.1) is 7.11 Å². The van der Waals surface area contributed by atoms with E-state index in [0.29, 0.717) is 6.54 Å². The van der Waals surface area contributed by atoms with Gasteiger partial charge in [0, 0.05) is 26.8 Å². The lowest BCUT2D eigenvalue weighted by Crippen LogP contribution is -2.30. The summed E-state index contributed by atoms with van der Waals surface area (Å²) in [4.78, 5) is 0. The van der Waals surface area contributed by atoms with E-state index >= 15 is 0 Å². The van der Waals surface area contributed by atoms with Crippen molar-refractivity contribution in [3.63, 3.8) is 0 Å². The van der Waals surface area contributed by atoms with Crippen molar-refractivity contribution in [2.24, 2.45) is 5.41 Å². The lowest BCUT2D eigenvalue weighted by atomic mass is 9.89. The second-order valence-corrected chi connectivity index (χ2v) is 5.48. The first kappa shape index (κ1) is 15.9. The Morgan fingerprint density at radius 3 is 2.58 bits per heavy atom. The van der Waals surface area contributed by atoms with Crippen LogP contribution in [0.3, 0.4) is 0 Å². The van der Waals surface area contributed by atoms with Crippen molar-refractivity contribution in [2.75, 3.05) is 27.4 Å². The molecule has 108 valence electrons. The number of ether oxygens (including phenoxy) is 2. The molecular formula is C15H24FNO2. The monoisotopic (exact) mass is 269 g/mol. The molecule has 0 unspecified atom stereocenters. The van der Waals surface area contributed by atoms with E-state index < -0.39 is 0 Å². The van der Waals surface area contributed by atoms with E-state index in [0.717, 1.165) is 25.1 Å². The van der Waals surface area contributed by atoms with Crippen LogP contribution >= 0.6 is 0 Å². The zero-order valence-corrected chi connectivity index (χ0v) is 12.3. The molecule has 0 heterocycles. The molecule has 0 spiro atoms. The van der Waals surface area contributed by atoms with Gasteiger partial charge in [-0.05, 0) is 29.5 Å². The standard InChI is InChI=1S/C15H24FNO2/c1-15(2,7-8-18-3)11-17-10-12-5-6-14(19-4)13(16)9-12/h5-6,9,17H,7-8,10-11H2,1-4H3. The topological polar surface area (TPSA) is 30.5 Å². The van der Waals surface area contributed by atoms with Crippen molar-refractivity contribution in [3.05, 3.63) is 29.6 Å². The second kappa shape index (κ2) is 7.46. The molecule has 0 amide bonds. The molecule has 1 N–H and O–H groups in total. The van der Waals surface area contributed by atoms with Gasteiger partial charge in [-0.15, -0.1) is 0 Å². The van der Waals surface area contributed by atoms with Gasteiger partial charge in [-0.1, -0.05) is 19.9 Å². The normalized spacial score (nSPS) is 11.6. The Morgan fingerprint density at radius 2 is 2.00 bits per heavy atom. The van der Waals surface area contributed by atoms with Crippen LogP contribution in [-0.2, 0) is 11.3 Å². The van der Waals surface area contributed by atoms with Gasteiger partial charge >= 0.3 is 0 Å². The highest BCUT2D eigenvalue weighted by atomic mass is 19.1. The number of methoxy groups -OCH3 is 2. The third-order valence-electron chi connectivity index (χ3n) is 3.13. The SMILES string of the molecule is COCCC(C)(C)CNCc1ccc(OC)c(F)c1. The van der Waals surface area contributed by atoms with Crippen LogP contribution in [0.25, 0.3) is 0 Å². The van der Waals surface area contributed by atoms with Crippen molar-refractivity contribution in [1.29, 1.82) is 0 Å². The Hall–Kier alpha value is -1.13. The largest absolute Gasteiger partial charge is 0.494 e. The Labute approximate surface area is 115 Å². The number of benzene rings is 1. The summed E-state index contributed by atoms with van der Waals surface area (Å²) in [5.74, 6) is -0.0374. The van der Waals surface area contributed by atoms with Crippen molar-refractivity contribution in [1.82, 2.24) is 5.32 Å². The van der Waals surface area contributed by atoms with E-state index in [1.165, 1.54) is 13.2 Å². The van der Waals surface area contributed by atoms with Gasteiger partial charge in [0.25, 0.3) is 0 Å². The molecule has 0 saturated heterocycles. The van der Waals surface area contributed by atoms with Gasteiger partial charge in [-0.2, -0.15) is 0 Å². The fourth-order valence-corrected chi connectivity index (χ4v) is 1.83. The molecule has 0 aliphatic heterocycles. The van der Waals surface area contributed by atoms with E-state index in [4.69, 9.17) is 9.47 Å². The minimum atomic E-state index is -0.319. The summed E-state index contributed by atoms with van der Waals surface area (Å²) in [5, 5.41) is 3.35. The first-order chi connectivity index (χ1) is 8.98. The molecule has 0 aliphatic rings. The van der Waals surface area contributed by atoms with Crippen molar-refractivity contribution in [3.8, 4) is 5.75 Å². The fourth-order valence-electron chi connectivity index (χ4n) is 1.83. The Balaban J connectivity index is 2.42. The van der Waals surface area contributed by atoms with Gasteiger partial charge in [0.1, 0.15) is 0 Å². The molecule has 3 nitrogen and oxygen atoms in total. The minimum absolute atomic E-state index is 0.168. The highest BCUT2D eigenvalue weighted by Gasteiger charge is 2.16. The zero-order chi connectivity index (χ0) is 14.3. The molecule has 0 radical (unpaired) electrons. The number of rotatable bonds is 8. The van der Waals surface area contributed by atoms with Gasteiger partial charge in [-0.25, -0.2) is 4.39 Å². The highest BCUT2D eigenvalue weighted by molar-refractivity contribution is 5.29. The summed E-state index contributed by atoms with van der Waals surface area (Å²) >= 11 is 0. The van der Waals surface area contributed by atoms with Crippen LogP contribution < -0.4 is 10.1 Å². The molecule has 19 heavy (non-hydrogen) atoms. The molecular weight excluding hydrogens is 245 g/mol.